The van der Waals surface area contributed by atoms with Gasteiger partial charge in [-0.15, -0.1) is 0 Å². The van der Waals surface area contributed by atoms with Crippen molar-refractivity contribution >= 4 is 26.6 Å². The Kier molecular flexibility index (Phi) is 5.41. The number of carbonyl (C=O) groups is 1. The molecule has 0 spiro atoms. The van der Waals surface area contributed by atoms with Crippen molar-refractivity contribution in [2.24, 2.45) is 0 Å². The summed E-state index contributed by atoms with van der Waals surface area (Å²) in [6, 6.07) is 3.07. The van der Waals surface area contributed by atoms with E-state index in [4.69, 9.17) is 5.11 Å². The summed E-state index contributed by atoms with van der Waals surface area (Å²) in [7, 11) is -5.01. The molecule has 0 aliphatic rings. The summed E-state index contributed by atoms with van der Waals surface area (Å²) >= 11 is 0. The fraction of sp³-hybridized carbons (Fsp3) is 0.417. The van der Waals surface area contributed by atoms with Crippen molar-refractivity contribution in [3.63, 3.8) is 0 Å². The Bertz CT molecular complexity index is 637. The Hall–Kier alpha value is -1.28. The van der Waals surface area contributed by atoms with Gasteiger partial charge in [0, 0.05) is 10.6 Å². The number of sulfone groups is 1. The predicted molar refractivity (Wildman–Crippen MR) is 73.6 cm³/mol. The zero-order valence-corrected chi connectivity index (χ0v) is 12.6. The van der Waals surface area contributed by atoms with Crippen LogP contribution in [0.3, 0.4) is 0 Å². The summed E-state index contributed by atoms with van der Waals surface area (Å²) in [5.41, 5.74) is -0.581. The fourth-order valence-corrected chi connectivity index (χ4v) is 4.07. The Morgan fingerprint density at radius 1 is 1.40 bits per heavy atom. The van der Waals surface area contributed by atoms with E-state index in [1.807, 2.05) is 0 Å². The van der Waals surface area contributed by atoms with Crippen LogP contribution in [0, 0.1) is 5.82 Å². The molecule has 8 heteroatoms. The monoisotopic (exact) mass is 322 g/mol. The highest BCUT2D eigenvalue weighted by molar-refractivity contribution is 7.93. The number of halogens is 1. The summed E-state index contributed by atoms with van der Waals surface area (Å²) < 4.78 is 48.3. The van der Waals surface area contributed by atoms with Crippen LogP contribution in [0.4, 0.5) is 4.39 Å². The van der Waals surface area contributed by atoms with E-state index in [-0.39, 0.29) is 16.4 Å². The minimum absolute atomic E-state index is 0.0998. The highest BCUT2D eigenvalue weighted by Crippen LogP contribution is 2.15. The van der Waals surface area contributed by atoms with Crippen molar-refractivity contribution in [1.29, 1.82) is 0 Å². The van der Waals surface area contributed by atoms with Gasteiger partial charge in [0.25, 0.3) is 0 Å². The molecule has 1 atom stereocenters. The smallest absolute Gasteiger partial charge is 0.338 e. The van der Waals surface area contributed by atoms with E-state index in [2.05, 4.69) is 0 Å². The molecule has 20 heavy (non-hydrogen) atoms. The topological polar surface area (TPSA) is 88.5 Å². The summed E-state index contributed by atoms with van der Waals surface area (Å²) in [5.74, 6) is -2.80. The molecular weight excluding hydrogens is 307 g/mol. The molecule has 1 rings (SSSR count). The first-order valence-electron chi connectivity index (χ1n) is 5.78. The highest BCUT2D eigenvalue weighted by atomic mass is 32.2. The molecule has 0 saturated heterocycles. The Morgan fingerprint density at radius 3 is 2.50 bits per heavy atom. The van der Waals surface area contributed by atoms with Gasteiger partial charge >= 0.3 is 5.97 Å². The average molecular weight is 322 g/mol. The second-order valence-corrected chi connectivity index (χ2v) is 8.66. The fourth-order valence-electron chi connectivity index (χ4n) is 1.36. The minimum Gasteiger partial charge on any atom is -0.478 e. The van der Waals surface area contributed by atoms with E-state index >= 15 is 0 Å². The molecule has 0 bridgehead atoms. The van der Waals surface area contributed by atoms with Crippen LogP contribution >= 0.6 is 0 Å². The standard InChI is InChI=1S/C12H15FO5S2/c1-8(2)20(17,18)6-5-19(16)9-3-4-11(13)10(7-9)12(14)15/h3-4,7-8H,5-6H2,1-2H3,(H,14,15). The number of carboxylic acid groups (broad SMARTS) is 1. The van der Waals surface area contributed by atoms with Crippen molar-refractivity contribution in [2.75, 3.05) is 11.5 Å². The van der Waals surface area contributed by atoms with Crippen LogP contribution in [0.15, 0.2) is 23.1 Å². The van der Waals surface area contributed by atoms with Crippen molar-refractivity contribution in [3.8, 4) is 0 Å². The van der Waals surface area contributed by atoms with E-state index in [1.54, 1.807) is 0 Å². The lowest BCUT2D eigenvalue weighted by Crippen LogP contribution is -2.21. The van der Waals surface area contributed by atoms with E-state index in [0.29, 0.717) is 0 Å². The summed E-state index contributed by atoms with van der Waals surface area (Å²) in [6.45, 7) is 3.05. The first kappa shape index (κ1) is 16.8. The molecular formula is C12H15FO5S2. The van der Waals surface area contributed by atoms with Gasteiger partial charge < -0.3 is 5.11 Å². The molecule has 0 heterocycles. The van der Waals surface area contributed by atoms with Gasteiger partial charge in [-0.1, -0.05) is 0 Å². The first-order valence-corrected chi connectivity index (χ1v) is 8.81. The lowest BCUT2D eigenvalue weighted by atomic mass is 10.2. The van der Waals surface area contributed by atoms with Crippen LogP contribution in [0.1, 0.15) is 24.2 Å². The van der Waals surface area contributed by atoms with Crippen molar-refractivity contribution in [3.05, 3.63) is 29.6 Å². The van der Waals surface area contributed by atoms with E-state index in [0.717, 1.165) is 12.1 Å². The maximum absolute atomic E-state index is 13.2. The molecule has 1 N–H and O–H groups in total. The largest absolute Gasteiger partial charge is 0.478 e. The number of carboxylic acids is 1. The lowest BCUT2D eigenvalue weighted by molar-refractivity contribution is 0.0691. The molecule has 1 aromatic rings. The van der Waals surface area contributed by atoms with Gasteiger partial charge in [0.15, 0.2) is 9.84 Å². The van der Waals surface area contributed by atoms with Gasteiger partial charge in [-0.2, -0.15) is 0 Å². The van der Waals surface area contributed by atoms with E-state index < -0.39 is 43.2 Å². The van der Waals surface area contributed by atoms with Crippen LogP contribution in [0.5, 0.6) is 0 Å². The SMILES string of the molecule is CC(C)S(=O)(=O)CCS(=O)c1ccc(F)c(C(=O)O)c1. The molecule has 0 saturated carbocycles. The van der Waals surface area contributed by atoms with Crippen LogP contribution < -0.4 is 0 Å². The third-order valence-corrected chi connectivity index (χ3v) is 6.53. The van der Waals surface area contributed by atoms with Gasteiger partial charge in [0.05, 0.1) is 27.4 Å². The number of aromatic carboxylic acids is 1. The summed E-state index contributed by atoms with van der Waals surface area (Å²) in [6.07, 6.45) is 0. The highest BCUT2D eigenvalue weighted by Gasteiger charge is 2.19. The number of hydrogen-bond donors (Lipinski definition) is 1. The van der Waals surface area contributed by atoms with E-state index in [1.165, 1.54) is 19.9 Å². The van der Waals surface area contributed by atoms with Gasteiger partial charge in [-0.25, -0.2) is 17.6 Å². The quantitative estimate of drug-likeness (QED) is 0.856. The second kappa shape index (κ2) is 6.45. The second-order valence-electron chi connectivity index (χ2n) is 4.41. The normalized spacial score (nSPS) is 13.4. The molecule has 0 fully saturated rings. The Morgan fingerprint density at radius 2 is 2.00 bits per heavy atom. The van der Waals surface area contributed by atoms with Crippen LogP contribution in [-0.2, 0) is 20.6 Å². The van der Waals surface area contributed by atoms with Crippen LogP contribution in [-0.4, -0.2) is 40.5 Å². The Balaban J connectivity index is 2.89. The zero-order chi connectivity index (χ0) is 15.5. The number of rotatable bonds is 6. The first-order chi connectivity index (χ1) is 9.15. The molecule has 5 nitrogen and oxygen atoms in total. The molecule has 0 amide bonds. The number of benzene rings is 1. The van der Waals surface area contributed by atoms with Crippen molar-refractivity contribution in [1.82, 2.24) is 0 Å². The summed E-state index contributed by atoms with van der Waals surface area (Å²) in [5, 5.41) is 8.20. The Labute approximate surface area is 119 Å². The molecule has 1 aromatic carbocycles. The van der Waals surface area contributed by atoms with Gasteiger partial charge in [-0.05, 0) is 32.0 Å². The zero-order valence-electron chi connectivity index (χ0n) is 11.0. The predicted octanol–water partition coefficient (Wildman–Crippen LogP) is 1.45. The molecule has 112 valence electrons. The van der Waals surface area contributed by atoms with Crippen molar-refractivity contribution < 1.29 is 26.9 Å². The van der Waals surface area contributed by atoms with Gasteiger partial charge in [0.1, 0.15) is 5.82 Å². The number of hydrogen-bond acceptors (Lipinski definition) is 4. The molecule has 0 aliphatic heterocycles. The maximum atomic E-state index is 13.2. The molecule has 1 unspecified atom stereocenters. The molecule has 0 aromatic heterocycles. The van der Waals surface area contributed by atoms with E-state index in [9.17, 15) is 21.8 Å². The average Bonchev–Trinajstić information content (AvgIpc) is 2.36. The summed E-state index contributed by atoms with van der Waals surface area (Å²) in [4.78, 5) is 10.9. The third-order valence-electron chi connectivity index (χ3n) is 2.70. The lowest BCUT2D eigenvalue weighted by Gasteiger charge is -2.08. The minimum atomic E-state index is -3.32. The van der Waals surface area contributed by atoms with Gasteiger partial charge in [0.2, 0.25) is 0 Å². The maximum Gasteiger partial charge on any atom is 0.338 e. The van der Waals surface area contributed by atoms with Gasteiger partial charge in [-0.3, -0.25) is 4.21 Å². The van der Waals surface area contributed by atoms with Crippen molar-refractivity contribution in [2.45, 2.75) is 24.0 Å². The molecule has 0 radical (unpaired) electrons. The third kappa shape index (κ3) is 4.11. The van der Waals surface area contributed by atoms with Crippen LogP contribution in [0.25, 0.3) is 0 Å². The van der Waals surface area contributed by atoms with Crippen LogP contribution in [0.2, 0.25) is 0 Å². The molecule has 0 aliphatic carbocycles.